The maximum absolute atomic E-state index is 11.8. The molecule has 0 spiro atoms. The Bertz CT molecular complexity index is 584. The smallest absolute Gasteiger partial charge is 0.408 e. The fourth-order valence-electron chi connectivity index (χ4n) is 2.03. The van der Waals surface area contributed by atoms with Crippen molar-refractivity contribution in [3.8, 4) is 0 Å². The van der Waals surface area contributed by atoms with Crippen molar-refractivity contribution in [1.29, 1.82) is 0 Å². The number of oxazole rings is 1. The van der Waals surface area contributed by atoms with E-state index in [1.165, 1.54) is 0 Å². The molecule has 98 valence electrons. The highest BCUT2D eigenvalue weighted by molar-refractivity contribution is 9.10. The van der Waals surface area contributed by atoms with E-state index in [-0.39, 0.29) is 5.76 Å². The summed E-state index contributed by atoms with van der Waals surface area (Å²) in [5, 5.41) is 0. The molecular weight excluding hydrogens is 296 g/mol. The van der Waals surface area contributed by atoms with Crippen LogP contribution in [0.25, 0.3) is 11.1 Å². The molecule has 0 saturated carbocycles. The lowest BCUT2D eigenvalue weighted by atomic mass is 10.3. The first kappa shape index (κ1) is 13.4. The zero-order valence-electron chi connectivity index (χ0n) is 10.6. The first-order chi connectivity index (χ1) is 8.65. The van der Waals surface area contributed by atoms with Crippen molar-refractivity contribution < 1.29 is 4.42 Å². The van der Waals surface area contributed by atoms with Crippen LogP contribution in [-0.4, -0.2) is 29.1 Å². The Morgan fingerprint density at radius 1 is 1.33 bits per heavy atom. The molecule has 1 aromatic carbocycles. The van der Waals surface area contributed by atoms with E-state index < -0.39 is 0 Å². The van der Waals surface area contributed by atoms with Crippen LogP contribution >= 0.6 is 15.9 Å². The zero-order valence-corrected chi connectivity index (χ0v) is 12.2. The van der Waals surface area contributed by atoms with E-state index in [4.69, 9.17) is 4.42 Å². The molecule has 0 unspecified atom stereocenters. The summed E-state index contributed by atoms with van der Waals surface area (Å²) < 4.78 is 7.87. The van der Waals surface area contributed by atoms with Gasteiger partial charge in [0.05, 0.1) is 5.52 Å². The maximum atomic E-state index is 11.8. The van der Waals surface area contributed by atoms with Gasteiger partial charge in [0, 0.05) is 17.6 Å². The van der Waals surface area contributed by atoms with Crippen molar-refractivity contribution in [3.05, 3.63) is 33.2 Å². The minimum absolute atomic E-state index is 0.282. The number of benzene rings is 1. The molecule has 18 heavy (non-hydrogen) atoms. The summed E-state index contributed by atoms with van der Waals surface area (Å²) in [4.78, 5) is 14.1. The Balaban J connectivity index is 2.29. The molecule has 0 fully saturated rings. The van der Waals surface area contributed by atoms with E-state index in [1.807, 2.05) is 18.2 Å². The molecule has 0 radical (unpaired) electrons. The molecule has 0 aliphatic rings. The van der Waals surface area contributed by atoms with E-state index in [0.29, 0.717) is 12.1 Å². The molecular formula is C13H17BrN2O2. The number of halogens is 1. The van der Waals surface area contributed by atoms with E-state index in [1.54, 1.807) is 4.57 Å². The molecule has 0 N–H and O–H groups in total. The fraction of sp³-hybridized carbons (Fsp3) is 0.462. The Morgan fingerprint density at radius 3 is 2.72 bits per heavy atom. The summed E-state index contributed by atoms with van der Waals surface area (Å²) in [6.07, 6.45) is 0. The van der Waals surface area contributed by atoms with Crippen LogP contribution in [0.1, 0.15) is 13.8 Å². The topological polar surface area (TPSA) is 38.4 Å². The fourth-order valence-corrected chi connectivity index (χ4v) is 2.38. The minimum atomic E-state index is -0.282. The van der Waals surface area contributed by atoms with Gasteiger partial charge in [-0.2, -0.15) is 0 Å². The predicted molar refractivity (Wildman–Crippen MR) is 76.0 cm³/mol. The lowest BCUT2D eigenvalue weighted by Crippen LogP contribution is -2.29. The average molecular weight is 313 g/mol. The lowest BCUT2D eigenvalue weighted by Gasteiger charge is -2.17. The summed E-state index contributed by atoms with van der Waals surface area (Å²) >= 11 is 3.42. The van der Waals surface area contributed by atoms with Crippen LogP contribution < -0.4 is 5.76 Å². The summed E-state index contributed by atoms with van der Waals surface area (Å²) in [6.45, 7) is 7.74. The van der Waals surface area contributed by atoms with E-state index >= 15 is 0 Å². The van der Waals surface area contributed by atoms with Gasteiger partial charge in [0.15, 0.2) is 5.58 Å². The van der Waals surface area contributed by atoms with Crippen LogP contribution in [0, 0.1) is 0 Å². The second-order valence-electron chi connectivity index (χ2n) is 4.16. The number of hydrogen-bond acceptors (Lipinski definition) is 3. The van der Waals surface area contributed by atoms with E-state index in [0.717, 1.165) is 29.6 Å². The molecule has 0 aliphatic heterocycles. The third-order valence-corrected chi connectivity index (χ3v) is 3.66. The Hall–Kier alpha value is -1.07. The SMILES string of the molecule is CCN(CC)CCn1c(=O)oc2ccc(Br)cc21. The maximum Gasteiger partial charge on any atom is 0.419 e. The van der Waals surface area contributed by atoms with Gasteiger partial charge in [-0.1, -0.05) is 29.8 Å². The summed E-state index contributed by atoms with van der Waals surface area (Å²) in [5.41, 5.74) is 1.49. The van der Waals surface area contributed by atoms with Crippen molar-refractivity contribution in [2.45, 2.75) is 20.4 Å². The van der Waals surface area contributed by atoms with Crippen LogP contribution in [0.2, 0.25) is 0 Å². The van der Waals surface area contributed by atoms with Gasteiger partial charge in [-0.15, -0.1) is 0 Å². The Kier molecular flexibility index (Phi) is 4.24. The molecule has 0 bridgehead atoms. The Labute approximate surface area is 114 Å². The molecule has 0 atom stereocenters. The predicted octanol–water partition coefficient (Wildman–Crippen LogP) is 2.70. The molecule has 5 heteroatoms. The van der Waals surface area contributed by atoms with Crippen LogP contribution in [-0.2, 0) is 6.54 Å². The molecule has 0 saturated heterocycles. The zero-order chi connectivity index (χ0) is 13.1. The number of hydrogen-bond donors (Lipinski definition) is 0. The quantitative estimate of drug-likeness (QED) is 0.852. The minimum Gasteiger partial charge on any atom is -0.408 e. The third kappa shape index (κ3) is 2.67. The molecule has 1 aromatic heterocycles. The van der Waals surface area contributed by atoms with E-state index in [2.05, 4.69) is 34.7 Å². The summed E-state index contributed by atoms with van der Waals surface area (Å²) in [5.74, 6) is -0.282. The van der Waals surface area contributed by atoms with Crippen molar-refractivity contribution in [2.24, 2.45) is 0 Å². The monoisotopic (exact) mass is 312 g/mol. The first-order valence-corrected chi connectivity index (χ1v) is 6.96. The second kappa shape index (κ2) is 5.71. The average Bonchev–Trinajstić information content (AvgIpc) is 2.66. The van der Waals surface area contributed by atoms with Gasteiger partial charge in [-0.25, -0.2) is 4.79 Å². The molecule has 1 heterocycles. The van der Waals surface area contributed by atoms with Gasteiger partial charge < -0.3 is 9.32 Å². The highest BCUT2D eigenvalue weighted by atomic mass is 79.9. The van der Waals surface area contributed by atoms with Gasteiger partial charge in [0.2, 0.25) is 0 Å². The summed E-state index contributed by atoms with van der Waals surface area (Å²) in [6, 6.07) is 5.61. The molecule has 2 rings (SSSR count). The van der Waals surface area contributed by atoms with Gasteiger partial charge in [0.25, 0.3) is 0 Å². The Morgan fingerprint density at radius 2 is 2.06 bits per heavy atom. The number of nitrogens with zero attached hydrogens (tertiary/aromatic N) is 2. The molecule has 2 aromatic rings. The van der Waals surface area contributed by atoms with Gasteiger partial charge in [-0.3, -0.25) is 4.57 Å². The van der Waals surface area contributed by atoms with Crippen LogP contribution in [0.3, 0.4) is 0 Å². The highest BCUT2D eigenvalue weighted by Crippen LogP contribution is 2.18. The van der Waals surface area contributed by atoms with Crippen molar-refractivity contribution in [1.82, 2.24) is 9.47 Å². The van der Waals surface area contributed by atoms with Crippen molar-refractivity contribution in [2.75, 3.05) is 19.6 Å². The first-order valence-electron chi connectivity index (χ1n) is 6.17. The molecule has 0 aliphatic carbocycles. The lowest BCUT2D eigenvalue weighted by molar-refractivity contribution is 0.287. The van der Waals surface area contributed by atoms with Gasteiger partial charge in [0.1, 0.15) is 0 Å². The van der Waals surface area contributed by atoms with Crippen LogP contribution in [0.15, 0.2) is 31.9 Å². The number of fused-ring (bicyclic) bond motifs is 1. The van der Waals surface area contributed by atoms with Crippen molar-refractivity contribution in [3.63, 3.8) is 0 Å². The number of rotatable bonds is 5. The highest BCUT2D eigenvalue weighted by Gasteiger charge is 2.10. The standard InChI is InChI=1S/C13H17BrN2O2/c1-3-15(4-2)7-8-16-11-9-10(14)5-6-12(11)18-13(16)17/h5-6,9H,3-4,7-8H2,1-2H3. The van der Waals surface area contributed by atoms with Gasteiger partial charge in [-0.05, 0) is 31.3 Å². The van der Waals surface area contributed by atoms with Gasteiger partial charge >= 0.3 is 5.76 Å². The largest absolute Gasteiger partial charge is 0.419 e. The second-order valence-corrected chi connectivity index (χ2v) is 5.07. The molecule has 0 amide bonds. The van der Waals surface area contributed by atoms with Crippen LogP contribution in [0.5, 0.6) is 0 Å². The normalized spacial score (nSPS) is 11.6. The van der Waals surface area contributed by atoms with E-state index in [9.17, 15) is 4.79 Å². The van der Waals surface area contributed by atoms with Crippen molar-refractivity contribution >= 4 is 27.0 Å². The summed E-state index contributed by atoms with van der Waals surface area (Å²) in [7, 11) is 0. The number of likely N-dealkylation sites (N-methyl/N-ethyl adjacent to an activating group) is 1. The number of aromatic nitrogens is 1. The molecule has 4 nitrogen and oxygen atoms in total. The van der Waals surface area contributed by atoms with Crippen LogP contribution in [0.4, 0.5) is 0 Å². The third-order valence-electron chi connectivity index (χ3n) is 3.16.